The lowest BCUT2D eigenvalue weighted by molar-refractivity contribution is -0.133. The van der Waals surface area contributed by atoms with E-state index in [1.807, 2.05) is 0 Å². The molecule has 1 aliphatic rings. The van der Waals surface area contributed by atoms with E-state index in [1.54, 1.807) is 0 Å². The highest BCUT2D eigenvalue weighted by Gasteiger charge is 2.27. The van der Waals surface area contributed by atoms with Crippen LogP contribution in [0.2, 0.25) is 5.28 Å². The second-order valence-electron chi connectivity index (χ2n) is 3.48. The summed E-state index contributed by atoms with van der Waals surface area (Å²) in [5, 5.41) is 4.61. The summed E-state index contributed by atoms with van der Waals surface area (Å²) in [6.07, 6.45) is 1.39. The van der Waals surface area contributed by atoms with Gasteiger partial charge in [-0.1, -0.05) is 0 Å². The molecule has 2 amide bonds. The maximum atomic E-state index is 13.3. The summed E-state index contributed by atoms with van der Waals surface area (Å²) in [4.78, 5) is 29.4. The molecule has 2 heterocycles. The van der Waals surface area contributed by atoms with Crippen LogP contribution in [0.4, 0.5) is 10.2 Å². The van der Waals surface area contributed by atoms with E-state index in [0.29, 0.717) is 0 Å². The van der Waals surface area contributed by atoms with Crippen LogP contribution in [-0.4, -0.2) is 27.8 Å². The highest BCUT2D eigenvalue weighted by Crippen LogP contribution is 2.16. The van der Waals surface area contributed by atoms with Gasteiger partial charge in [0.2, 0.25) is 17.1 Å². The van der Waals surface area contributed by atoms with Crippen LogP contribution in [0.5, 0.6) is 0 Å². The van der Waals surface area contributed by atoms with E-state index in [-0.39, 0.29) is 29.9 Å². The Morgan fingerprint density at radius 3 is 3.00 bits per heavy atom. The molecule has 1 aromatic rings. The highest BCUT2D eigenvalue weighted by atomic mass is 35.5. The van der Waals surface area contributed by atoms with Crippen molar-refractivity contribution >= 4 is 29.2 Å². The Morgan fingerprint density at radius 2 is 2.29 bits per heavy atom. The minimum atomic E-state index is -0.709. The standard InChI is InChI=1S/C9H8ClFN4O2/c10-9-12-3-4(11)7(15-9)13-5-1-2-6(16)14-8(5)17/h3,5H,1-2H2,(H,12,13,15)(H,14,16,17). The molecule has 0 spiro atoms. The molecule has 0 bridgehead atoms. The summed E-state index contributed by atoms with van der Waals surface area (Å²) in [6, 6.07) is -0.701. The monoisotopic (exact) mass is 258 g/mol. The van der Waals surface area contributed by atoms with Crippen LogP contribution in [-0.2, 0) is 9.59 Å². The zero-order valence-electron chi connectivity index (χ0n) is 8.54. The Morgan fingerprint density at radius 1 is 1.53 bits per heavy atom. The second kappa shape index (κ2) is 4.62. The van der Waals surface area contributed by atoms with E-state index in [0.717, 1.165) is 6.20 Å². The van der Waals surface area contributed by atoms with Gasteiger partial charge in [0, 0.05) is 6.42 Å². The Labute approximate surface area is 101 Å². The van der Waals surface area contributed by atoms with Gasteiger partial charge >= 0.3 is 0 Å². The maximum Gasteiger partial charge on any atom is 0.249 e. The van der Waals surface area contributed by atoms with Crippen LogP contribution < -0.4 is 10.6 Å². The van der Waals surface area contributed by atoms with E-state index in [2.05, 4.69) is 20.6 Å². The molecule has 8 heteroatoms. The smallest absolute Gasteiger partial charge is 0.249 e. The first kappa shape index (κ1) is 11.7. The highest BCUT2D eigenvalue weighted by molar-refractivity contribution is 6.28. The van der Waals surface area contributed by atoms with Crippen LogP contribution in [0.25, 0.3) is 0 Å². The Balaban J connectivity index is 2.13. The number of hydrogen-bond acceptors (Lipinski definition) is 5. The summed E-state index contributed by atoms with van der Waals surface area (Å²) in [5.74, 6) is -1.71. The molecule has 0 radical (unpaired) electrons. The van der Waals surface area contributed by atoms with Gasteiger partial charge in [-0.3, -0.25) is 14.9 Å². The zero-order valence-corrected chi connectivity index (χ0v) is 9.29. The number of nitrogens with zero attached hydrogens (tertiary/aromatic N) is 2. The van der Waals surface area contributed by atoms with Crippen LogP contribution in [0.3, 0.4) is 0 Å². The molecule has 0 saturated carbocycles. The molecule has 1 unspecified atom stereocenters. The first-order valence-corrected chi connectivity index (χ1v) is 5.22. The summed E-state index contributed by atoms with van der Waals surface area (Å²) in [6.45, 7) is 0. The molecule has 1 saturated heterocycles. The molecular weight excluding hydrogens is 251 g/mol. The number of hydrogen-bond donors (Lipinski definition) is 2. The molecule has 0 aliphatic carbocycles. The minimum absolute atomic E-state index is 0.124. The van der Waals surface area contributed by atoms with Crippen molar-refractivity contribution in [1.29, 1.82) is 0 Å². The molecule has 90 valence electrons. The van der Waals surface area contributed by atoms with E-state index < -0.39 is 17.8 Å². The number of imide groups is 1. The van der Waals surface area contributed by atoms with Gasteiger partial charge in [-0.2, -0.15) is 4.98 Å². The summed E-state index contributed by atoms with van der Waals surface area (Å²) >= 11 is 5.51. The second-order valence-corrected chi connectivity index (χ2v) is 3.82. The van der Waals surface area contributed by atoms with Crippen molar-refractivity contribution in [3.63, 3.8) is 0 Å². The first-order valence-electron chi connectivity index (χ1n) is 4.84. The van der Waals surface area contributed by atoms with Crippen molar-refractivity contribution in [2.75, 3.05) is 5.32 Å². The van der Waals surface area contributed by atoms with Gasteiger partial charge in [-0.15, -0.1) is 0 Å². The van der Waals surface area contributed by atoms with Crippen molar-refractivity contribution in [1.82, 2.24) is 15.3 Å². The third-order valence-corrected chi connectivity index (χ3v) is 2.45. The van der Waals surface area contributed by atoms with Crippen LogP contribution in [0, 0.1) is 5.82 Å². The number of aromatic nitrogens is 2. The fourth-order valence-electron chi connectivity index (χ4n) is 1.44. The van der Waals surface area contributed by atoms with Crippen LogP contribution in [0.1, 0.15) is 12.8 Å². The Bertz CT molecular complexity index is 482. The van der Waals surface area contributed by atoms with E-state index in [4.69, 9.17) is 11.6 Å². The molecule has 1 aromatic heterocycles. The summed E-state index contributed by atoms with van der Waals surface area (Å²) in [5.41, 5.74) is 0. The van der Waals surface area contributed by atoms with Gasteiger partial charge in [-0.25, -0.2) is 9.37 Å². The number of anilines is 1. The van der Waals surface area contributed by atoms with Crippen molar-refractivity contribution in [2.45, 2.75) is 18.9 Å². The molecule has 1 fully saturated rings. The zero-order chi connectivity index (χ0) is 12.4. The fraction of sp³-hybridized carbons (Fsp3) is 0.333. The van der Waals surface area contributed by atoms with Gasteiger partial charge in [0.15, 0.2) is 11.6 Å². The third-order valence-electron chi connectivity index (χ3n) is 2.26. The first-order chi connectivity index (χ1) is 8.06. The third kappa shape index (κ3) is 2.68. The molecule has 0 aromatic carbocycles. The average molecular weight is 259 g/mol. The maximum absolute atomic E-state index is 13.3. The SMILES string of the molecule is O=C1CCC(Nc2nc(Cl)ncc2F)C(=O)N1. The Kier molecular flexibility index (Phi) is 3.19. The Hall–Kier alpha value is -1.76. The van der Waals surface area contributed by atoms with E-state index in [9.17, 15) is 14.0 Å². The number of halogens is 2. The number of carbonyl (C=O) groups is 2. The van der Waals surface area contributed by atoms with Gasteiger partial charge in [0.05, 0.1) is 6.20 Å². The predicted octanol–water partition coefficient (Wildman–Crippen LogP) is 0.486. The summed E-state index contributed by atoms with van der Waals surface area (Å²) in [7, 11) is 0. The van der Waals surface area contributed by atoms with Gasteiger partial charge in [-0.05, 0) is 18.0 Å². The van der Waals surface area contributed by atoms with Crippen molar-refractivity contribution in [3.8, 4) is 0 Å². The normalized spacial score (nSPS) is 20.0. The largest absolute Gasteiger partial charge is 0.356 e. The number of nitrogens with one attached hydrogen (secondary N) is 2. The van der Waals surface area contributed by atoms with Gasteiger partial charge in [0.25, 0.3) is 0 Å². The molecule has 1 atom stereocenters. The molecule has 17 heavy (non-hydrogen) atoms. The number of piperidine rings is 1. The molecule has 2 N–H and O–H groups in total. The number of carbonyl (C=O) groups excluding carboxylic acids is 2. The molecule has 1 aliphatic heterocycles. The average Bonchev–Trinajstić information content (AvgIpc) is 2.27. The summed E-state index contributed by atoms with van der Waals surface area (Å²) < 4.78 is 13.3. The topological polar surface area (TPSA) is 84.0 Å². The van der Waals surface area contributed by atoms with E-state index in [1.165, 1.54) is 0 Å². The number of rotatable bonds is 2. The minimum Gasteiger partial charge on any atom is -0.356 e. The van der Waals surface area contributed by atoms with Crippen molar-refractivity contribution in [2.24, 2.45) is 0 Å². The molecular formula is C9H8ClFN4O2. The quantitative estimate of drug-likeness (QED) is 0.596. The van der Waals surface area contributed by atoms with Crippen LogP contribution >= 0.6 is 11.6 Å². The molecule has 2 rings (SSSR count). The van der Waals surface area contributed by atoms with E-state index >= 15 is 0 Å². The number of amides is 2. The van der Waals surface area contributed by atoms with Crippen LogP contribution in [0.15, 0.2) is 6.20 Å². The lowest BCUT2D eigenvalue weighted by Gasteiger charge is -2.22. The fourth-order valence-corrected chi connectivity index (χ4v) is 1.58. The van der Waals surface area contributed by atoms with Gasteiger partial charge in [0.1, 0.15) is 6.04 Å². The van der Waals surface area contributed by atoms with Crippen molar-refractivity contribution in [3.05, 3.63) is 17.3 Å². The lowest BCUT2D eigenvalue weighted by Crippen LogP contribution is -2.47. The predicted molar refractivity (Wildman–Crippen MR) is 56.8 cm³/mol. The van der Waals surface area contributed by atoms with Gasteiger partial charge < -0.3 is 5.32 Å². The lowest BCUT2D eigenvalue weighted by atomic mass is 10.1. The van der Waals surface area contributed by atoms with Crippen molar-refractivity contribution < 1.29 is 14.0 Å². The molecule has 6 nitrogen and oxygen atoms in total.